The molecule has 0 N–H and O–H groups in total. The smallest absolute Gasteiger partial charge is 0.308 e. The number of ether oxygens (including phenoxy) is 5. The van der Waals surface area contributed by atoms with Crippen LogP contribution in [0.3, 0.4) is 0 Å². The molecular weight excluding hydrogens is 468 g/mol. The Morgan fingerprint density at radius 1 is 0.694 bits per heavy atom. The highest BCUT2D eigenvalue weighted by molar-refractivity contribution is 5.72. The maximum Gasteiger partial charge on any atom is 0.308 e. The highest BCUT2D eigenvalue weighted by Gasteiger charge is 2.55. The normalized spacial score (nSPS) is 21.8. The van der Waals surface area contributed by atoms with E-state index in [1.165, 1.54) is 0 Å². The second-order valence-corrected chi connectivity index (χ2v) is 8.86. The van der Waals surface area contributed by atoms with Gasteiger partial charge in [-0.2, -0.15) is 0 Å². The minimum absolute atomic E-state index is 0.133. The molecule has 1 rings (SSSR count). The van der Waals surface area contributed by atoms with E-state index < -0.39 is 54.6 Å². The maximum absolute atomic E-state index is 12.6. The molecule has 1 aliphatic heterocycles. The molecule has 0 aromatic rings. The number of carbonyl (C=O) groups excluding carboxylic acids is 4. The van der Waals surface area contributed by atoms with Crippen molar-refractivity contribution in [3.8, 4) is 12.3 Å². The van der Waals surface area contributed by atoms with Gasteiger partial charge in [-0.1, -0.05) is 59.3 Å². The average Bonchev–Trinajstić information content (AvgIpc) is 3.17. The maximum atomic E-state index is 12.6. The third-order valence-electron chi connectivity index (χ3n) is 5.65. The van der Waals surface area contributed by atoms with Gasteiger partial charge in [-0.05, 0) is 25.7 Å². The Morgan fingerprint density at radius 2 is 1.11 bits per heavy atom. The Balaban J connectivity index is 3.24. The van der Waals surface area contributed by atoms with Gasteiger partial charge in [0.1, 0.15) is 0 Å². The first-order valence-electron chi connectivity index (χ1n) is 13.2. The Kier molecular flexibility index (Phi) is 15.5. The third kappa shape index (κ3) is 11.0. The van der Waals surface area contributed by atoms with Gasteiger partial charge in [0, 0.05) is 25.7 Å². The van der Waals surface area contributed by atoms with Gasteiger partial charge in [0.2, 0.25) is 12.4 Å². The van der Waals surface area contributed by atoms with Gasteiger partial charge in [0.05, 0.1) is 0 Å². The first kappa shape index (κ1) is 31.4. The van der Waals surface area contributed by atoms with Crippen molar-refractivity contribution in [3.63, 3.8) is 0 Å². The van der Waals surface area contributed by atoms with E-state index in [9.17, 15) is 19.2 Å². The zero-order chi connectivity index (χ0) is 26.9. The summed E-state index contributed by atoms with van der Waals surface area (Å²) in [5.74, 6) is 0.201. The van der Waals surface area contributed by atoms with Gasteiger partial charge in [0.15, 0.2) is 18.3 Å². The number of rotatable bonds is 17. The van der Waals surface area contributed by atoms with E-state index in [1.807, 2.05) is 27.7 Å². The molecule has 0 spiro atoms. The summed E-state index contributed by atoms with van der Waals surface area (Å²) in [5.41, 5.74) is 0. The molecule has 0 aromatic heterocycles. The van der Waals surface area contributed by atoms with Gasteiger partial charge < -0.3 is 23.7 Å². The molecule has 0 bridgehead atoms. The van der Waals surface area contributed by atoms with Crippen molar-refractivity contribution in [1.82, 2.24) is 0 Å². The SMILES string of the molecule is C#C[C@H](OC(=O)CCCC)[C@H]1O[C@H](OC(=O)CCCC)[C@@H](OC(=O)CCCC)[C@@H]1OC(=O)CCCC. The number of unbranched alkanes of at least 4 members (excludes halogenated alkanes) is 4. The fraction of sp³-hybridized carbons (Fsp3) is 0.778. The molecule has 0 unspecified atom stereocenters. The second-order valence-electron chi connectivity index (χ2n) is 8.86. The molecular formula is C27H42O9. The van der Waals surface area contributed by atoms with Gasteiger partial charge in [-0.3, -0.25) is 19.2 Å². The monoisotopic (exact) mass is 510 g/mol. The topological polar surface area (TPSA) is 114 Å². The molecule has 204 valence electrons. The molecule has 1 saturated heterocycles. The van der Waals surface area contributed by atoms with Crippen molar-refractivity contribution in [2.75, 3.05) is 0 Å². The van der Waals surface area contributed by atoms with Crippen LogP contribution in [-0.4, -0.2) is 54.6 Å². The van der Waals surface area contributed by atoms with Crippen LogP contribution >= 0.6 is 0 Å². The van der Waals surface area contributed by atoms with Crippen molar-refractivity contribution in [2.45, 2.75) is 135 Å². The van der Waals surface area contributed by atoms with Crippen LogP contribution in [0.15, 0.2) is 0 Å². The molecule has 5 atom stereocenters. The summed E-state index contributed by atoms with van der Waals surface area (Å²) in [4.78, 5) is 49.8. The van der Waals surface area contributed by atoms with Crippen LogP contribution in [0.4, 0.5) is 0 Å². The Labute approximate surface area is 214 Å². The number of terminal acetylenes is 1. The van der Waals surface area contributed by atoms with Crippen LogP contribution in [0.25, 0.3) is 0 Å². The fourth-order valence-corrected chi connectivity index (χ4v) is 3.54. The second kappa shape index (κ2) is 17.8. The van der Waals surface area contributed by atoms with Crippen LogP contribution in [-0.2, 0) is 42.9 Å². The van der Waals surface area contributed by atoms with Gasteiger partial charge in [-0.25, -0.2) is 0 Å². The largest absolute Gasteiger partial charge is 0.455 e. The number of carbonyl (C=O) groups is 4. The van der Waals surface area contributed by atoms with E-state index in [0.29, 0.717) is 25.7 Å². The first-order chi connectivity index (χ1) is 17.3. The van der Waals surface area contributed by atoms with Gasteiger partial charge in [0.25, 0.3) is 0 Å². The summed E-state index contributed by atoms with van der Waals surface area (Å²) >= 11 is 0. The predicted octanol–water partition coefficient (Wildman–Crippen LogP) is 4.38. The lowest BCUT2D eigenvalue weighted by Crippen LogP contribution is -2.45. The minimum atomic E-state index is -1.36. The number of esters is 4. The Morgan fingerprint density at radius 3 is 1.56 bits per heavy atom. The summed E-state index contributed by atoms with van der Waals surface area (Å²) in [6.45, 7) is 7.74. The van der Waals surface area contributed by atoms with E-state index in [4.69, 9.17) is 30.1 Å². The fourth-order valence-electron chi connectivity index (χ4n) is 3.54. The zero-order valence-corrected chi connectivity index (χ0v) is 22.1. The molecule has 9 heteroatoms. The van der Waals surface area contributed by atoms with Crippen molar-refractivity contribution in [3.05, 3.63) is 0 Å². The summed E-state index contributed by atoms with van der Waals surface area (Å²) < 4.78 is 28.1. The van der Waals surface area contributed by atoms with Crippen LogP contribution in [0.5, 0.6) is 0 Å². The molecule has 1 heterocycles. The Hall–Kier alpha value is -2.60. The molecule has 0 radical (unpaired) electrons. The average molecular weight is 511 g/mol. The highest BCUT2D eigenvalue weighted by atomic mass is 16.8. The van der Waals surface area contributed by atoms with Gasteiger partial charge in [-0.15, -0.1) is 6.42 Å². The molecule has 0 aliphatic carbocycles. The van der Waals surface area contributed by atoms with Crippen molar-refractivity contribution in [2.24, 2.45) is 0 Å². The molecule has 36 heavy (non-hydrogen) atoms. The number of hydrogen-bond acceptors (Lipinski definition) is 9. The lowest BCUT2D eigenvalue weighted by Gasteiger charge is -2.26. The predicted molar refractivity (Wildman–Crippen MR) is 131 cm³/mol. The summed E-state index contributed by atoms with van der Waals surface area (Å²) in [6, 6.07) is 0. The van der Waals surface area contributed by atoms with E-state index >= 15 is 0 Å². The van der Waals surface area contributed by atoms with E-state index in [0.717, 1.165) is 25.7 Å². The van der Waals surface area contributed by atoms with Crippen LogP contribution in [0.1, 0.15) is 105 Å². The van der Waals surface area contributed by atoms with Crippen molar-refractivity contribution < 1.29 is 42.9 Å². The summed E-state index contributed by atoms with van der Waals surface area (Å²) in [7, 11) is 0. The van der Waals surface area contributed by atoms with Gasteiger partial charge >= 0.3 is 23.9 Å². The quantitative estimate of drug-likeness (QED) is 0.160. The van der Waals surface area contributed by atoms with Crippen LogP contribution in [0.2, 0.25) is 0 Å². The molecule has 1 aliphatic rings. The highest BCUT2D eigenvalue weighted by Crippen LogP contribution is 2.32. The molecule has 0 saturated carbocycles. The van der Waals surface area contributed by atoms with Crippen LogP contribution in [0, 0.1) is 12.3 Å². The standard InChI is InChI=1S/C27H42O9/c1-6-11-15-20(28)32-19(10-5)24-25(33-21(29)16-12-7-2)26(34-22(30)17-13-8-3)27(36-24)35-23(31)18-14-9-4/h5,19,24-27H,6-9,11-18H2,1-4H3/t19-,24+,25+,26-,27-/m0/s1. The third-order valence-corrected chi connectivity index (χ3v) is 5.65. The van der Waals surface area contributed by atoms with Crippen molar-refractivity contribution >= 4 is 23.9 Å². The molecule has 9 nitrogen and oxygen atoms in total. The molecule has 0 amide bonds. The lowest BCUT2D eigenvalue weighted by molar-refractivity contribution is -0.201. The Bertz CT molecular complexity index is 742. The van der Waals surface area contributed by atoms with Crippen molar-refractivity contribution in [1.29, 1.82) is 0 Å². The minimum Gasteiger partial charge on any atom is -0.455 e. The first-order valence-corrected chi connectivity index (χ1v) is 13.2. The van der Waals surface area contributed by atoms with E-state index in [1.54, 1.807) is 0 Å². The van der Waals surface area contributed by atoms with E-state index in [2.05, 4.69) is 5.92 Å². The van der Waals surface area contributed by atoms with Crippen LogP contribution < -0.4 is 0 Å². The molecule has 0 aromatic carbocycles. The zero-order valence-electron chi connectivity index (χ0n) is 22.1. The summed E-state index contributed by atoms with van der Waals surface area (Å²) in [6.07, 6.45) is 5.51. The van der Waals surface area contributed by atoms with E-state index in [-0.39, 0.29) is 25.7 Å². The number of hydrogen-bond donors (Lipinski definition) is 0. The molecule has 1 fully saturated rings. The summed E-state index contributed by atoms with van der Waals surface area (Å²) in [5, 5.41) is 0. The lowest BCUT2D eigenvalue weighted by atomic mass is 10.0.